The van der Waals surface area contributed by atoms with Crippen LogP contribution in [0.3, 0.4) is 0 Å². The molecule has 0 radical (unpaired) electrons. The van der Waals surface area contributed by atoms with Crippen LogP contribution in [0.25, 0.3) is 0 Å². The van der Waals surface area contributed by atoms with Gasteiger partial charge in [-0.1, -0.05) is 37.3 Å². The predicted molar refractivity (Wildman–Crippen MR) is 77.7 cm³/mol. The highest BCUT2D eigenvalue weighted by Crippen LogP contribution is 2.46. The Morgan fingerprint density at radius 1 is 1.33 bits per heavy atom. The van der Waals surface area contributed by atoms with Crippen molar-refractivity contribution in [1.29, 1.82) is 0 Å². The van der Waals surface area contributed by atoms with Crippen molar-refractivity contribution < 1.29 is 14.7 Å². The monoisotopic (exact) mass is 288 g/mol. The van der Waals surface area contributed by atoms with E-state index < -0.39 is 17.0 Å². The minimum Gasteiger partial charge on any atom is -0.480 e. The third-order valence-corrected chi connectivity index (χ3v) is 5.06. The molecule has 1 aromatic rings. The van der Waals surface area contributed by atoms with Gasteiger partial charge in [0.1, 0.15) is 6.54 Å². The molecule has 3 aliphatic rings. The fraction of sp³-hybridized carbons (Fsp3) is 0.500. The van der Waals surface area contributed by atoms with E-state index in [4.69, 9.17) is 0 Å². The van der Waals surface area contributed by atoms with Gasteiger partial charge < -0.3 is 15.3 Å². The first-order valence-corrected chi connectivity index (χ1v) is 7.38. The summed E-state index contributed by atoms with van der Waals surface area (Å²) in [7, 11) is 0. The Morgan fingerprint density at radius 3 is 2.57 bits per heavy atom. The number of carboxylic acid groups (broad SMARTS) is 1. The molecule has 21 heavy (non-hydrogen) atoms. The number of amides is 1. The standard InChI is InChI=1S/C16H20N2O3/c1-2-15-8-9-16(11-17-15,12-6-4-3-5-7-12)18(14(15)21)10-13(19)20/h3-7,17H,2,8-11H2,1H3,(H,19,20). The van der Waals surface area contributed by atoms with Gasteiger partial charge in [0.05, 0.1) is 11.1 Å². The molecule has 0 spiro atoms. The summed E-state index contributed by atoms with van der Waals surface area (Å²) in [6.07, 6.45) is 2.25. The van der Waals surface area contributed by atoms with Gasteiger partial charge in [-0.25, -0.2) is 0 Å². The van der Waals surface area contributed by atoms with E-state index in [-0.39, 0.29) is 12.5 Å². The first-order chi connectivity index (χ1) is 10.0. The number of carbonyl (C=O) groups excluding carboxylic acids is 1. The van der Waals surface area contributed by atoms with Crippen LogP contribution in [-0.2, 0) is 15.1 Å². The number of hydrogen-bond donors (Lipinski definition) is 2. The predicted octanol–water partition coefficient (Wildman–Crippen LogP) is 1.34. The molecule has 3 heterocycles. The average molecular weight is 288 g/mol. The number of carbonyl (C=O) groups is 2. The van der Waals surface area contributed by atoms with Crippen molar-refractivity contribution in [3.63, 3.8) is 0 Å². The lowest BCUT2D eigenvalue weighted by Gasteiger charge is -2.59. The van der Waals surface area contributed by atoms with E-state index in [0.29, 0.717) is 13.0 Å². The fourth-order valence-electron chi connectivity index (χ4n) is 3.74. The summed E-state index contributed by atoms with van der Waals surface area (Å²) in [6, 6.07) is 9.76. The molecule has 3 saturated heterocycles. The van der Waals surface area contributed by atoms with E-state index in [2.05, 4.69) is 5.32 Å². The molecule has 2 atom stereocenters. The second-order valence-electron chi connectivity index (χ2n) is 5.97. The van der Waals surface area contributed by atoms with Crippen molar-refractivity contribution in [3.8, 4) is 0 Å². The number of nitrogens with zero attached hydrogens (tertiary/aromatic N) is 1. The molecule has 0 aromatic heterocycles. The number of piperazine rings is 1. The smallest absolute Gasteiger partial charge is 0.323 e. The van der Waals surface area contributed by atoms with Gasteiger partial charge in [-0.15, -0.1) is 0 Å². The first-order valence-electron chi connectivity index (χ1n) is 7.38. The number of benzene rings is 1. The fourth-order valence-corrected chi connectivity index (χ4v) is 3.74. The molecule has 112 valence electrons. The van der Waals surface area contributed by atoms with Crippen LogP contribution in [-0.4, -0.2) is 40.5 Å². The first kappa shape index (κ1) is 14.1. The molecule has 3 aliphatic heterocycles. The number of fused-ring (bicyclic) bond motifs is 3. The van der Waals surface area contributed by atoms with Crippen molar-refractivity contribution in [3.05, 3.63) is 35.9 Å². The molecular weight excluding hydrogens is 268 g/mol. The normalized spacial score (nSPS) is 31.5. The zero-order valence-corrected chi connectivity index (χ0v) is 12.1. The number of piperidine rings is 2. The van der Waals surface area contributed by atoms with Crippen LogP contribution in [0, 0.1) is 0 Å². The molecule has 3 fully saturated rings. The van der Waals surface area contributed by atoms with E-state index in [1.807, 2.05) is 37.3 Å². The summed E-state index contributed by atoms with van der Waals surface area (Å²) >= 11 is 0. The van der Waals surface area contributed by atoms with Gasteiger partial charge in [-0.3, -0.25) is 9.59 Å². The van der Waals surface area contributed by atoms with Crippen molar-refractivity contribution in [2.24, 2.45) is 0 Å². The van der Waals surface area contributed by atoms with Crippen LogP contribution in [0.5, 0.6) is 0 Å². The molecule has 0 saturated carbocycles. The summed E-state index contributed by atoms with van der Waals surface area (Å²) < 4.78 is 0. The maximum atomic E-state index is 12.9. The molecule has 2 bridgehead atoms. The van der Waals surface area contributed by atoms with E-state index in [0.717, 1.165) is 18.4 Å². The van der Waals surface area contributed by atoms with Crippen LogP contribution in [0.15, 0.2) is 30.3 Å². The Labute approximate surface area is 123 Å². The quantitative estimate of drug-likeness (QED) is 0.877. The number of hydrogen-bond acceptors (Lipinski definition) is 3. The number of carboxylic acids is 1. The minimum absolute atomic E-state index is 0.0752. The lowest BCUT2D eigenvalue weighted by Crippen LogP contribution is -2.76. The Hall–Kier alpha value is -1.88. The maximum absolute atomic E-state index is 12.9. The van der Waals surface area contributed by atoms with Gasteiger partial charge in [-0.2, -0.15) is 0 Å². The summed E-state index contributed by atoms with van der Waals surface area (Å²) in [5, 5.41) is 12.6. The van der Waals surface area contributed by atoms with E-state index in [9.17, 15) is 14.7 Å². The highest BCUT2D eigenvalue weighted by Gasteiger charge is 2.58. The van der Waals surface area contributed by atoms with Crippen LogP contribution in [0.4, 0.5) is 0 Å². The molecule has 0 aliphatic carbocycles. The third kappa shape index (κ3) is 1.95. The number of nitrogens with one attached hydrogen (secondary N) is 1. The van der Waals surface area contributed by atoms with Gasteiger partial charge in [0, 0.05) is 6.54 Å². The van der Waals surface area contributed by atoms with Crippen molar-refractivity contribution in [1.82, 2.24) is 10.2 Å². The molecule has 5 nitrogen and oxygen atoms in total. The highest BCUT2D eigenvalue weighted by atomic mass is 16.4. The van der Waals surface area contributed by atoms with Crippen LogP contribution >= 0.6 is 0 Å². The van der Waals surface area contributed by atoms with Crippen molar-refractivity contribution in [2.45, 2.75) is 37.3 Å². The average Bonchev–Trinajstić information content (AvgIpc) is 2.52. The zero-order valence-electron chi connectivity index (χ0n) is 12.1. The molecule has 1 aromatic carbocycles. The molecule has 5 heteroatoms. The van der Waals surface area contributed by atoms with Crippen LogP contribution in [0.2, 0.25) is 0 Å². The molecule has 1 amide bonds. The number of aliphatic carboxylic acids is 1. The Bertz CT molecular complexity index is 562. The Kier molecular flexibility index (Phi) is 3.24. The molecule has 4 rings (SSSR count). The van der Waals surface area contributed by atoms with Gasteiger partial charge in [0.25, 0.3) is 0 Å². The lowest BCUT2D eigenvalue weighted by atomic mass is 9.68. The van der Waals surface area contributed by atoms with E-state index >= 15 is 0 Å². The summed E-state index contributed by atoms with van der Waals surface area (Å²) in [4.78, 5) is 25.7. The topological polar surface area (TPSA) is 69.6 Å². The Morgan fingerprint density at radius 2 is 2.05 bits per heavy atom. The SMILES string of the molecule is CCC12CCC(c3ccccc3)(CN1)N(CC(=O)O)C2=O. The minimum atomic E-state index is -0.961. The molecule has 2 unspecified atom stereocenters. The van der Waals surface area contributed by atoms with Crippen LogP contribution < -0.4 is 5.32 Å². The van der Waals surface area contributed by atoms with E-state index in [1.54, 1.807) is 4.90 Å². The Balaban J connectivity index is 2.07. The maximum Gasteiger partial charge on any atom is 0.323 e. The molecular formula is C16H20N2O3. The highest BCUT2D eigenvalue weighted by molar-refractivity contribution is 5.91. The lowest BCUT2D eigenvalue weighted by molar-refractivity contribution is -0.168. The largest absolute Gasteiger partial charge is 0.480 e. The third-order valence-electron chi connectivity index (χ3n) is 5.06. The van der Waals surface area contributed by atoms with Gasteiger partial charge in [0.2, 0.25) is 5.91 Å². The van der Waals surface area contributed by atoms with Crippen molar-refractivity contribution >= 4 is 11.9 Å². The van der Waals surface area contributed by atoms with E-state index in [1.165, 1.54) is 0 Å². The summed E-state index contributed by atoms with van der Waals surface area (Å²) in [6.45, 7) is 2.35. The van der Waals surface area contributed by atoms with Crippen LogP contribution in [0.1, 0.15) is 31.7 Å². The second kappa shape index (κ2) is 4.84. The molecule has 2 N–H and O–H groups in total. The second-order valence-corrected chi connectivity index (χ2v) is 5.97. The summed E-state index contributed by atoms with van der Waals surface area (Å²) in [5.41, 5.74) is -0.101. The summed E-state index contributed by atoms with van der Waals surface area (Å²) in [5.74, 6) is -1.04. The number of rotatable bonds is 4. The van der Waals surface area contributed by atoms with Gasteiger partial charge >= 0.3 is 5.97 Å². The van der Waals surface area contributed by atoms with Gasteiger partial charge in [0.15, 0.2) is 0 Å². The zero-order chi connectivity index (χ0) is 15.1. The van der Waals surface area contributed by atoms with Gasteiger partial charge in [-0.05, 0) is 24.8 Å². The van der Waals surface area contributed by atoms with Crippen molar-refractivity contribution in [2.75, 3.05) is 13.1 Å².